The topological polar surface area (TPSA) is 49.3 Å². The Balaban J connectivity index is 2.28. The SMILES string of the molecule is O=C(O)C1(Cc2cc(Cl)ccc2F)CCNCC1. The van der Waals surface area contributed by atoms with E-state index in [2.05, 4.69) is 5.32 Å². The van der Waals surface area contributed by atoms with Crippen LogP contribution in [0.2, 0.25) is 5.02 Å². The van der Waals surface area contributed by atoms with Gasteiger partial charge in [0.15, 0.2) is 0 Å². The van der Waals surface area contributed by atoms with E-state index in [0.717, 1.165) is 0 Å². The molecule has 1 heterocycles. The van der Waals surface area contributed by atoms with Gasteiger partial charge in [0.25, 0.3) is 0 Å². The van der Waals surface area contributed by atoms with E-state index in [1.807, 2.05) is 0 Å². The smallest absolute Gasteiger partial charge is 0.310 e. The van der Waals surface area contributed by atoms with Crippen LogP contribution in [-0.2, 0) is 11.2 Å². The van der Waals surface area contributed by atoms with Crippen molar-refractivity contribution in [3.63, 3.8) is 0 Å². The number of carboxylic acid groups (broad SMARTS) is 1. The minimum absolute atomic E-state index is 0.191. The van der Waals surface area contributed by atoms with Crippen LogP contribution in [0.15, 0.2) is 18.2 Å². The van der Waals surface area contributed by atoms with E-state index in [1.54, 1.807) is 0 Å². The highest BCUT2D eigenvalue weighted by Gasteiger charge is 2.40. The fourth-order valence-electron chi connectivity index (χ4n) is 2.41. The third-order valence-electron chi connectivity index (χ3n) is 3.55. The molecule has 0 amide bonds. The molecule has 2 N–H and O–H groups in total. The van der Waals surface area contributed by atoms with Gasteiger partial charge in [0, 0.05) is 5.02 Å². The van der Waals surface area contributed by atoms with Gasteiger partial charge in [-0.25, -0.2) is 4.39 Å². The number of carbonyl (C=O) groups is 1. The van der Waals surface area contributed by atoms with Crippen molar-refractivity contribution in [1.29, 1.82) is 0 Å². The first-order valence-corrected chi connectivity index (χ1v) is 6.29. The van der Waals surface area contributed by atoms with E-state index in [1.165, 1.54) is 18.2 Å². The summed E-state index contributed by atoms with van der Waals surface area (Å²) in [6.45, 7) is 1.29. The van der Waals surface area contributed by atoms with Crippen molar-refractivity contribution in [3.8, 4) is 0 Å². The van der Waals surface area contributed by atoms with Crippen LogP contribution in [0.25, 0.3) is 0 Å². The Morgan fingerprint density at radius 2 is 2.11 bits per heavy atom. The molecule has 0 atom stereocenters. The molecular formula is C13H15ClFNO2. The van der Waals surface area contributed by atoms with Crippen LogP contribution >= 0.6 is 11.6 Å². The maximum Gasteiger partial charge on any atom is 0.310 e. The second-order valence-corrected chi connectivity index (χ2v) is 5.18. The largest absolute Gasteiger partial charge is 0.481 e. The Hall–Kier alpha value is -1.13. The molecule has 0 bridgehead atoms. The molecule has 1 aliphatic rings. The number of benzene rings is 1. The maximum atomic E-state index is 13.7. The van der Waals surface area contributed by atoms with Crippen LogP contribution in [0.4, 0.5) is 4.39 Å². The maximum absolute atomic E-state index is 13.7. The predicted molar refractivity (Wildman–Crippen MR) is 67.3 cm³/mol. The highest BCUT2D eigenvalue weighted by atomic mass is 35.5. The standard InChI is InChI=1S/C13H15ClFNO2/c14-10-1-2-11(15)9(7-10)8-13(12(17)18)3-5-16-6-4-13/h1-2,7,16H,3-6,8H2,(H,17,18). The number of rotatable bonds is 3. The molecule has 1 fully saturated rings. The van der Waals surface area contributed by atoms with E-state index in [-0.39, 0.29) is 6.42 Å². The number of hydrogen-bond acceptors (Lipinski definition) is 2. The van der Waals surface area contributed by atoms with Crippen LogP contribution in [0.1, 0.15) is 18.4 Å². The zero-order valence-electron chi connectivity index (χ0n) is 9.88. The van der Waals surface area contributed by atoms with Gasteiger partial charge in [-0.15, -0.1) is 0 Å². The van der Waals surface area contributed by atoms with Crippen LogP contribution < -0.4 is 5.32 Å². The van der Waals surface area contributed by atoms with Crippen molar-refractivity contribution in [2.45, 2.75) is 19.3 Å². The summed E-state index contributed by atoms with van der Waals surface area (Å²) in [7, 11) is 0. The average Bonchev–Trinajstić information content (AvgIpc) is 2.35. The minimum atomic E-state index is -0.878. The van der Waals surface area contributed by atoms with Gasteiger partial charge >= 0.3 is 5.97 Å². The van der Waals surface area contributed by atoms with Crippen molar-refractivity contribution in [1.82, 2.24) is 5.32 Å². The number of hydrogen-bond donors (Lipinski definition) is 2. The Labute approximate surface area is 110 Å². The molecule has 5 heteroatoms. The van der Waals surface area contributed by atoms with Gasteiger partial charge in [-0.3, -0.25) is 4.79 Å². The molecule has 1 saturated heterocycles. The fourth-order valence-corrected chi connectivity index (χ4v) is 2.61. The summed E-state index contributed by atoms with van der Waals surface area (Å²) in [5.41, 5.74) is -0.497. The quantitative estimate of drug-likeness (QED) is 0.888. The Bertz CT molecular complexity index is 458. The third-order valence-corrected chi connectivity index (χ3v) is 3.79. The third kappa shape index (κ3) is 2.65. The van der Waals surface area contributed by atoms with Gasteiger partial charge in [0.2, 0.25) is 0 Å². The Kier molecular flexibility index (Phi) is 3.88. The van der Waals surface area contributed by atoms with Crippen LogP contribution in [0.3, 0.4) is 0 Å². The second-order valence-electron chi connectivity index (χ2n) is 4.75. The zero-order valence-corrected chi connectivity index (χ0v) is 10.6. The molecule has 0 spiro atoms. The summed E-state index contributed by atoms with van der Waals surface area (Å²) in [6, 6.07) is 4.27. The van der Waals surface area contributed by atoms with Gasteiger partial charge in [0.1, 0.15) is 5.82 Å². The van der Waals surface area contributed by atoms with Crippen molar-refractivity contribution < 1.29 is 14.3 Å². The van der Waals surface area contributed by atoms with Crippen LogP contribution in [0.5, 0.6) is 0 Å². The number of carboxylic acids is 1. The lowest BCUT2D eigenvalue weighted by Crippen LogP contribution is -2.43. The van der Waals surface area contributed by atoms with E-state index in [9.17, 15) is 14.3 Å². The molecular weight excluding hydrogens is 257 g/mol. The van der Waals surface area contributed by atoms with E-state index >= 15 is 0 Å². The number of piperidine rings is 1. The number of aliphatic carboxylic acids is 1. The molecule has 1 aliphatic heterocycles. The molecule has 0 aliphatic carbocycles. The first kappa shape index (κ1) is 13.3. The summed E-state index contributed by atoms with van der Waals surface area (Å²) in [4.78, 5) is 11.5. The molecule has 0 radical (unpaired) electrons. The highest BCUT2D eigenvalue weighted by Crippen LogP contribution is 2.34. The van der Waals surface area contributed by atoms with Gasteiger partial charge < -0.3 is 10.4 Å². The lowest BCUT2D eigenvalue weighted by atomic mass is 9.74. The summed E-state index contributed by atoms with van der Waals surface area (Å²) >= 11 is 5.83. The number of halogens is 2. The van der Waals surface area contributed by atoms with Crippen molar-refractivity contribution >= 4 is 17.6 Å². The molecule has 1 aromatic rings. The minimum Gasteiger partial charge on any atom is -0.481 e. The predicted octanol–water partition coefficient (Wildman–Crippen LogP) is 2.48. The summed E-state index contributed by atoms with van der Waals surface area (Å²) in [5.74, 6) is -1.25. The monoisotopic (exact) mass is 271 g/mol. The van der Waals surface area contributed by atoms with Gasteiger partial charge in [-0.1, -0.05) is 11.6 Å². The molecule has 3 nitrogen and oxygen atoms in total. The van der Waals surface area contributed by atoms with E-state index in [0.29, 0.717) is 36.5 Å². The summed E-state index contributed by atoms with van der Waals surface area (Å²) < 4.78 is 13.7. The van der Waals surface area contributed by atoms with Crippen molar-refractivity contribution in [2.75, 3.05) is 13.1 Å². The fraction of sp³-hybridized carbons (Fsp3) is 0.462. The molecule has 0 unspecified atom stereocenters. The van der Waals surface area contributed by atoms with Crippen molar-refractivity contribution in [3.05, 3.63) is 34.6 Å². The molecule has 98 valence electrons. The molecule has 1 aromatic carbocycles. The summed E-state index contributed by atoms with van der Waals surface area (Å²) in [5, 5.41) is 13.0. The van der Waals surface area contributed by atoms with Gasteiger partial charge in [0.05, 0.1) is 5.41 Å². The first-order valence-electron chi connectivity index (χ1n) is 5.92. The lowest BCUT2D eigenvalue weighted by molar-refractivity contribution is -0.150. The number of nitrogens with one attached hydrogen (secondary N) is 1. The normalized spacial score (nSPS) is 18.6. The molecule has 2 rings (SSSR count). The van der Waals surface area contributed by atoms with E-state index < -0.39 is 17.2 Å². The lowest BCUT2D eigenvalue weighted by Gasteiger charge is -2.33. The van der Waals surface area contributed by atoms with Crippen LogP contribution in [0, 0.1) is 11.2 Å². The molecule has 0 aromatic heterocycles. The van der Waals surface area contributed by atoms with Gasteiger partial charge in [-0.2, -0.15) is 0 Å². The average molecular weight is 272 g/mol. The first-order chi connectivity index (χ1) is 8.53. The molecule has 0 saturated carbocycles. The van der Waals surface area contributed by atoms with Crippen LogP contribution in [-0.4, -0.2) is 24.2 Å². The Morgan fingerprint density at radius 1 is 1.44 bits per heavy atom. The van der Waals surface area contributed by atoms with E-state index in [4.69, 9.17) is 11.6 Å². The Morgan fingerprint density at radius 3 is 2.72 bits per heavy atom. The zero-order chi connectivity index (χ0) is 13.2. The highest BCUT2D eigenvalue weighted by molar-refractivity contribution is 6.30. The second kappa shape index (κ2) is 5.24. The molecule has 18 heavy (non-hydrogen) atoms. The van der Waals surface area contributed by atoms with Gasteiger partial charge in [-0.05, 0) is 56.1 Å². The van der Waals surface area contributed by atoms with Crippen molar-refractivity contribution in [2.24, 2.45) is 5.41 Å². The summed E-state index contributed by atoms with van der Waals surface area (Å²) in [6.07, 6.45) is 1.21.